The van der Waals surface area contributed by atoms with Gasteiger partial charge in [-0.05, 0) is 118 Å². The molecule has 4 saturated carbocycles. The normalized spacial score (nSPS) is 39.3. The van der Waals surface area contributed by atoms with Crippen molar-refractivity contribution >= 4 is 17.5 Å². The van der Waals surface area contributed by atoms with Gasteiger partial charge in [0.15, 0.2) is 11.3 Å². The Kier molecular flexibility index (Phi) is 5.14. The number of phenolic OH excluding ortho intramolecular Hbond substituents is 1. The molecule has 2 spiro atoms. The molecule has 3 heterocycles. The number of aromatic hydroxyl groups is 1. The molecule has 7 unspecified atom stereocenters. The van der Waals surface area contributed by atoms with Crippen LogP contribution in [0.4, 0.5) is 5.69 Å². The number of para-hydroxylation sites is 1. The highest BCUT2D eigenvalue weighted by atomic mass is 17.3. The second-order valence-electron chi connectivity index (χ2n) is 15.7. The molecule has 7 atom stereocenters. The largest absolute Gasteiger partial charge is 0.508 e. The first-order valence-corrected chi connectivity index (χ1v) is 17.0. The van der Waals surface area contributed by atoms with Crippen LogP contribution in [0.3, 0.4) is 0 Å². The number of methoxy groups -OCH3 is 1. The number of hydrogen-bond donors (Lipinski definition) is 1. The third kappa shape index (κ3) is 3.06. The lowest BCUT2D eigenvalue weighted by molar-refractivity contribution is -0.643. The van der Waals surface area contributed by atoms with Gasteiger partial charge >= 0.3 is 0 Å². The van der Waals surface area contributed by atoms with Gasteiger partial charge < -0.3 is 14.6 Å². The van der Waals surface area contributed by atoms with Gasteiger partial charge in [-0.3, -0.25) is 0 Å². The topological polar surface area (TPSA) is 60.2 Å². The third-order valence-corrected chi connectivity index (χ3v) is 13.7. The Morgan fingerprint density at radius 3 is 2.60 bits per heavy atom. The number of ether oxygens (including phenoxy) is 2. The summed E-state index contributed by atoms with van der Waals surface area (Å²) in [5.41, 5.74) is 7.83. The molecule has 8 aliphatic rings. The van der Waals surface area contributed by atoms with Gasteiger partial charge in [-0.15, -0.1) is 0 Å². The zero-order valence-corrected chi connectivity index (χ0v) is 26.7. The number of fused-ring (bicyclic) bond motifs is 5. The molecule has 5 fully saturated rings. The highest BCUT2D eigenvalue weighted by Gasteiger charge is 2.84. The van der Waals surface area contributed by atoms with Gasteiger partial charge in [-0.1, -0.05) is 18.2 Å². The minimum Gasteiger partial charge on any atom is -0.508 e. The van der Waals surface area contributed by atoms with Gasteiger partial charge in [-0.25, -0.2) is 4.89 Å². The van der Waals surface area contributed by atoms with Crippen LogP contribution in [-0.2, 0) is 25.7 Å². The second-order valence-corrected chi connectivity index (χ2v) is 15.7. The molecule has 232 valence electrons. The van der Waals surface area contributed by atoms with Crippen LogP contribution < -0.4 is 4.74 Å². The molecule has 3 aliphatic heterocycles. The SMILES string of the molecule is COC1(c2cc(O)cc3c2C=C2CCCC(/C=C/C4=[N+](C)c5ccccc5C4(C)C)=C2O3)OOC12CC1CC3CC4CC2C34C1. The molecule has 6 heteroatoms. The molecular weight excluding hydrogens is 562 g/mol. The maximum Gasteiger partial charge on any atom is 0.261 e. The fourth-order valence-electron chi connectivity index (χ4n) is 11.8. The Labute approximate surface area is 265 Å². The zero-order valence-electron chi connectivity index (χ0n) is 26.7. The minimum absolute atomic E-state index is 0.0888. The summed E-state index contributed by atoms with van der Waals surface area (Å²) < 4.78 is 15.5. The molecule has 0 radical (unpaired) electrons. The van der Waals surface area contributed by atoms with Crippen LogP contribution in [0.25, 0.3) is 6.08 Å². The van der Waals surface area contributed by atoms with Crippen molar-refractivity contribution in [3.63, 3.8) is 0 Å². The zero-order chi connectivity index (χ0) is 30.5. The first-order chi connectivity index (χ1) is 21.7. The van der Waals surface area contributed by atoms with E-state index in [0.29, 0.717) is 23.0 Å². The number of rotatable bonds is 4. The van der Waals surface area contributed by atoms with Crippen LogP contribution in [0, 0.1) is 29.1 Å². The van der Waals surface area contributed by atoms with E-state index in [-0.39, 0.29) is 11.2 Å². The molecular formula is C39H42NO5+. The maximum absolute atomic E-state index is 11.1. The van der Waals surface area contributed by atoms with Crippen LogP contribution in [0.2, 0.25) is 0 Å². The second kappa shape index (κ2) is 8.58. The number of allylic oxidation sites excluding steroid dienone is 4. The van der Waals surface area contributed by atoms with E-state index >= 15 is 0 Å². The Bertz CT molecular complexity index is 1830. The summed E-state index contributed by atoms with van der Waals surface area (Å²) in [5, 5.41) is 11.1. The number of hydrogen-bond acceptors (Lipinski definition) is 5. The summed E-state index contributed by atoms with van der Waals surface area (Å²) in [7, 11) is 3.90. The third-order valence-electron chi connectivity index (χ3n) is 13.7. The van der Waals surface area contributed by atoms with Crippen LogP contribution in [0.15, 0.2) is 65.5 Å². The molecule has 1 saturated heterocycles. The molecule has 6 nitrogen and oxygen atoms in total. The van der Waals surface area contributed by atoms with Crippen molar-refractivity contribution in [1.82, 2.24) is 0 Å². The van der Waals surface area contributed by atoms with E-state index in [4.69, 9.17) is 19.2 Å². The first kappa shape index (κ1) is 27.0. The predicted octanol–water partition coefficient (Wildman–Crippen LogP) is 7.82. The molecule has 1 N–H and O–H groups in total. The van der Waals surface area contributed by atoms with Gasteiger partial charge in [0.25, 0.3) is 5.79 Å². The molecule has 2 bridgehead atoms. The van der Waals surface area contributed by atoms with Crippen molar-refractivity contribution in [2.75, 3.05) is 14.2 Å². The van der Waals surface area contributed by atoms with Crippen LogP contribution >= 0.6 is 0 Å². The molecule has 2 aromatic rings. The smallest absolute Gasteiger partial charge is 0.261 e. The van der Waals surface area contributed by atoms with Crippen molar-refractivity contribution in [3.8, 4) is 11.5 Å². The van der Waals surface area contributed by atoms with E-state index < -0.39 is 11.4 Å². The number of benzene rings is 2. The van der Waals surface area contributed by atoms with E-state index in [1.165, 1.54) is 53.8 Å². The molecule has 10 rings (SSSR count). The van der Waals surface area contributed by atoms with E-state index in [1.54, 1.807) is 13.2 Å². The fourth-order valence-corrected chi connectivity index (χ4v) is 11.8. The molecule has 2 aromatic carbocycles. The van der Waals surface area contributed by atoms with Crippen LogP contribution in [0.1, 0.15) is 81.9 Å². The summed E-state index contributed by atoms with van der Waals surface area (Å²) in [6, 6.07) is 12.3. The predicted molar refractivity (Wildman–Crippen MR) is 170 cm³/mol. The summed E-state index contributed by atoms with van der Waals surface area (Å²) in [6.07, 6.45) is 15.9. The average Bonchev–Trinajstić information content (AvgIpc) is 3.47. The van der Waals surface area contributed by atoms with Crippen molar-refractivity contribution < 1.29 is 28.9 Å². The van der Waals surface area contributed by atoms with E-state index in [0.717, 1.165) is 54.4 Å². The van der Waals surface area contributed by atoms with Crippen molar-refractivity contribution in [3.05, 3.63) is 82.1 Å². The quantitative estimate of drug-likeness (QED) is 0.285. The molecule has 45 heavy (non-hydrogen) atoms. The molecule has 0 amide bonds. The van der Waals surface area contributed by atoms with E-state index in [9.17, 15) is 5.11 Å². The monoisotopic (exact) mass is 604 g/mol. The van der Waals surface area contributed by atoms with Crippen molar-refractivity contribution in [1.29, 1.82) is 0 Å². The minimum atomic E-state index is -1.06. The van der Waals surface area contributed by atoms with Crippen LogP contribution in [0.5, 0.6) is 11.5 Å². The van der Waals surface area contributed by atoms with Gasteiger partial charge in [0.05, 0.1) is 5.41 Å². The highest BCUT2D eigenvalue weighted by molar-refractivity contribution is 6.03. The Balaban J connectivity index is 1.05. The van der Waals surface area contributed by atoms with Gasteiger partial charge in [-0.2, -0.15) is 9.46 Å². The fraction of sp³-hybridized carbons (Fsp3) is 0.513. The number of phenols is 1. The Hall–Kier alpha value is -3.19. The lowest BCUT2D eigenvalue weighted by Gasteiger charge is -2.75. The Morgan fingerprint density at radius 1 is 0.978 bits per heavy atom. The average molecular weight is 605 g/mol. The maximum atomic E-state index is 11.1. The van der Waals surface area contributed by atoms with Crippen molar-refractivity contribution in [2.45, 2.75) is 82.0 Å². The highest BCUT2D eigenvalue weighted by Crippen LogP contribution is 2.84. The van der Waals surface area contributed by atoms with E-state index in [1.807, 2.05) is 6.07 Å². The summed E-state index contributed by atoms with van der Waals surface area (Å²) >= 11 is 0. The lowest BCUT2D eigenvalue weighted by atomic mass is 9.33. The van der Waals surface area contributed by atoms with E-state index in [2.05, 4.69) is 68.0 Å². The van der Waals surface area contributed by atoms with Crippen LogP contribution in [-0.4, -0.2) is 35.2 Å². The Morgan fingerprint density at radius 2 is 1.82 bits per heavy atom. The van der Waals surface area contributed by atoms with Gasteiger partial charge in [0.1, 0.15) is 24.3 Å². The van der Waals surface area contributed by atoms with Gasteiger partial charge in [0, 0.05) is 47.9 Å². The number of nitrogens with zero attached hydrogens (tertiary/aromatic N) is 1. The first-order valence-electron chi connectivity index (χ1n) is 17.0. The molecule has 5 aliphatic carbocycles. The standard InChI is InChI=1S/C39H41NO5/c1-36(2)29-10-5-6-11-31(29)40(3)34(36)13-12-23-8-7-9-24-15-28-30(18-27(41)19-32(28)43-35(23)24)39(42-4)38(44-45-39)21-22-14-25-16-26-17-33(38)37(25,26)20-22/h5-6,10-13,15,18-19,22,25-26,33H,7-9,14,16-17,20-21H2,1-4H3/p+1. The summed E-state index contributed by atoms with van der Waals surface area (Å²) in [5.74, 6) is 3.40. The molecule has 0 aromatic heterocycles. The van der Waals surface area contributed by atoms with Gasteiger partial charge in [0.2, 0.25) is 5.69 Å². The summed E-state index contributed by atoms with van der Waals surface area (Å²) in [4.78, 5) is 12.4. The lowest BCUT2D eigenvalue weighted by Crippen LogP contribution is -2.79. The summed E-state index contributed by atoms with van der Waals surface area (Å²) in [6.45, 7) is 4.60. The van der Waals surface area contributed by atoms with Crippen molar-refractivity contribution in [2.24, 2.45) is 29.1 Å².